The summed E-state index contributed by atoms with van der Waals surface area (Å²) in [6.07, 6.45) is -1.31. The van der Waals surface area contributed by atoms with E-state index in [4.69, 9.17) is 11.6 Å². The summed E-state index contributed by atoms with van der Waals surface area (Å²) in [5, 5.41) is 13.7. The van der Waals surface area contributed by atoms with Crippen LogP contribution in [0.1, 0.15) is 29.5 Å². The zero-order valence-electron chi connectivity index (χ0n) is 19.6. The van der Waals surface area contributed by atoms with E-state index in [9.17, 15) is 32.7 Å². The second kappa shape index (κ2) is 9.99. The van der Waals surface area contributed by atoms with Gasteiger partial charge in [-0.2, -0.15) is 18.3 Å². The average molecular weight is 565 g/mol. The average Bonchev–Trinajstić information content (AvgIpc) is 3.54. The van der Waals surface area contributed by atoms with Crippen LogP contribution in [-0.4, -0.2) is 61.1 Å². The normalized spacial score (nSPS) is 19.4. The maximum Gasteiger partial charge on any atom is 0.416 e. The Balaban J connectivity index is 1.35. The van der Waals surface area contributed by atoms with E-state index < -0.39 is 35.0 Å². The van der Waals surface area contributed by atoms with Crippen molar-refractivity contribution >= 4 is 57.6 Å². The van der Waals surface area contributed by atoms with Crippen molar-refractivity contribution in [1.82, 2.24) is 19.6 Å². The first-order valence-electron chi connectivity index (χ1n) is 11.6. The van der Waals surface area contributed by atoms with Gasteiger partial charge in [-0.15, -0.1) is 0 Å². The summed E-state index contributed by atoms with van der Waals surface area (Å²) in [4.78, 5) is 39.4. The Morgan fingerprint density at radius 1 is 1.21 bits per heavy atom. The lowest BCUT2D eigenvalue weighted by atomic mass is 10.1. The number of hydrogen-bond donors (Lipinski definition) is 1. The molecule has 38 heavy (non-hydrogen) atoms. The minimum Gasteiger partial charge on any atom is -0.465 e. The number of nitrogens with zero attached hydrogens (tertiary/aromatic N) is 4. The third kappa shape index (κ3) is 5.10. The summed E-state index contributed by atoms with van der Waals surface area (Å²) < 4.78 is 41.9. The topological polar surface area (TPSA) is 95.7 Å². The second-order valence-electron chi connectivity index (χ2n) is 8.98. The molecule has 1 N–H and O–H groups in total. The van der Waals surface area contributed by atoms with Crippen molar-refractivity contribution in [2.75, 3.05) is 13.1 Å². The molecule has 3 amide bonds. The van der Waals surface area contributed by atoms with Crippen molar-refractivity contribution in [2.45, 2.75) is 31.6 Å². The molecule has 0 spiro atoms. The minimum atomic E-state index is -4.57. The van der Waals surface area contributed by atoms with Crippen LogP contribution in [0, 0.1) is 0 Å². The van der Waals surface area contributed by atoms with Crippen LogP contribution in [-0.2, 0) is 17.5 Å². The smallest absolute Gasteiger partial charge is 0.416 e. The molecule has 3 aromatic rings. The third-order valence-corrected chi connectivity index (χ3v) is 7.69. The number of rotatable bonds is 5. The largest absolute Gasteiger partial charge is 0.465 e. The standard InChI is InChI=1S/C25H20ClF3N4O4S/c26-17-5-4-15(19(10-17)25(27,28)29)12-33-20-6-3-14(8-16(20)11-30-33)9-21-22(34)32(24(37)38-21)13-18-2-1-7-31(18)23(35)36/h3-6,8-11,18H,1-2,7,12-13H2,(H,35,36)/b21-9-/t18-/m0/s1. The zero-order chi connectivity index (χ0) is 27.2. The monoisotopic (exact) mass is 564 g/mol. The second-order valence-corrected chi connectivity index (χ2v) is 10.4. The van der Waals surface area contributed by atoms with Crippen LogP contribution >= 0.6 is 23.4 Å². The van der Waals surface area contributed by atoms with Crippen LogP contribution < -0.4 is 0 Å². The fourth-order valence-corrected chi connectivity index (χ4v) is 5.75. The van der Waals surface area contributed by atoms with Gasteiger partial charge in [-0.3, -0.25) is 19.2 Å². The van der Waals surface area contributed by atoms with Gasteiger partial charge < -0.3 is 10.0 Å². The van der Waals surface area contributed by atoms with Crippen LogP contribution in [0.2, 0.25) is 5.02 Å². The number of fused-ring (bicyclic) bond motifs is 1. The number of carboxylic acid groups (broad SMARTS) is 1. The van der Waals surface area contributed by atoms with Crippen molar-refractivity contribution in [3.05, 3.63) is 69.2 Å². The molecule has 1 atom stereocenters. The number of alkyl halides is 3. The first-order valence-corrected chi connectivity index (χ1v) is 12.8. The van der Waals surface area contributed by atoms with E-state index in [1.165, 1.54) is 27.9 Å². The van der Waals surface area contributed by atoms with Crippen molar-refractivity contribution < 1.29 is 32.7 Å². The van der Waals surface area contributed by atoms with Crippen LogP contribution in [0.3, 0.4) is 0 Å². The molecular formula is C25H20ClF3N4O4S. The maximum absolute atomic E-state index is 13.5. The number of benzene rings is 2. The van der Waals surface area contributed by atoms with Crippen LogP contribution in [0.4, 0.5) is 22.8 Å². The van der Waals surface area contributed by atoms with Gasteiger partial charge >= 0.3 is 12.3 Å². The first kappa shape index (κ1) is 26.1. The first-order chi connectivity index (χ1) is 18.0. The number of amides is 3. The molecule has 0 aliphatic carbocycles. The number of carbonyl (C=O) groups excluding carboxylic acids is 2. The molecule has 2 aliphatic rings. The lowest BCUT2D eigenvalue weighted by Crippen LogP contribution is -2.44. The van der Waals surface area contributed by atoms with Gasteiger partial charge in [0.25, 0.3) is 11.1 Å². The molecule has 3 heterocycles. The SMILES string of the molecule is O=C1S/C(=C\c2ccc3c(cnn3Cc3ccc(Cl)cc3C(F)(F)F)c2)C(=O)N1C[C@@H]1CCCN1C(=O)O. The molecule has 8 nitrogen and oxygen atoms in total. The molecular weight excluding hydrogens is 545 g/mol. The van der Waals surface area contributed by atoms with Crippen molar-refractivity contribution in [1.29, 1.82) is 0 Å². The van der Waals surface area contributed by atoms with E-state index in [0.717, 1.165) is 22.7 Å². The van der Waals surface area contributed by atoms with E-state index in [2.05, 4.69) is 5.10 Å². The summed E-state index contributed by atoms with van der Waals surface area (Å²) in [5.74, 6) is -0.490. The summed E-state index contributed by atoms with van der Waals surface area (Å²) in [7, 11) is 0. The Bertz CT molecular complexity index is 1490. The highest BCUT2D eigenvalue weighted by molar-refractivity contribution is 8.18. The molecule has 2 aromatic carbocycles. The minimum absolute atomic E-state index is 0.00469. The van der Waals surface area contributed by atoms with Gasteiger partial charge in [-0.05, 0) is 66.1 Å². The van der Waals surface area contributed by atoms with Gasteiger partial charge in [-0.1, -0.05) is 23.7 Å². The Morgan fingerprint density at radius 3 is 2.74 bits per heavy atom. The molecule has 0 saturated carbocycles. The number of hydrogen-bond acceptors (Lipinski definition) is 5. The highest BCUT2D eigenvalue weighted by Crippen LogP contribution is 2.36. The Morgan fingerprint density at radius 2 is 2.00 bits per heavy atom. The molecule has 0 bridgehead atoms. The van der Waals surface area contributed by atoms with Crippen molar-refractivity contribution in [2.24, 2.45) is 0 Å². The predicted octanol–water partition coefficient (Wildman–Crippen LogP) is 5.94. The quantitative estimate of drug-likeness (QED) is 0.386. The van der Waals surface area contributed by atoms with E-state index in [-0.39, 0.29) is 28.6 Å². The summed E-state index contributed by atoms with van der Waals surface area (Å²) in [6, 6.07) is 8.28. The molecule has 2 aliphatic heterocycles. The van der Waals surface area contributed by atoms with Crippen molar-refractivity contribution in [3.63, 3.8) is 0 Å². The molecule has 13 heteroatoms. The van der Waals surface area contributed by atoms with E-state index >= 15 is 0 Å². The predicted molar refractivity (Wildman–Crippen MR) is 136 cm³/mol. The Hall–Kier alpha value is -3.51. The Labute approximate surface area is 223 Å². The number of imide groups is 1. The number of halogens is 4. The molecule has 5 rings (SSSR count). The van der Waals surface area contributed by atoms with E-state index in [1.807, 2.05) is 0 Å². The molecule has 1 aromatic heterocycles. The number of carbonyl (C=O) groups is 3. The van der Waals surface area contributed by atoms with Gasteiger partial charge in [-0.25, -0.2) is 4.79 Å². The lowest BCUT2D eigenvalue weighted by molar-refractivity contribution is -0.138. The fourth-order valence-electron chi connectivity index (χ4n) is 4.73. The van der Waals surface area contributed by atoms with Gasteiger partial charge in [0, 0.05) is 17.0 Å². The van der Waals surface area contributed by atoms with Gasteiger partial charge in [0.05, 0.1) is 41.3 Å². The molecule has 0 radical (unpaired) electrons. The van der Waals surface area contributed by atoms with Gasteiger partial charge in [0.15, 0.2) is 0 Å². The Kier molecular flexibility index (Phi) is 6.86. The van der Waals surface area contributed by atoms with E-state index in [1.54, 1.807) is 24.3 Å². The number of likely N-dealkylation sites (tertiary alicyclic amines) is 1. The highest BCUT2D eigenvalue weighted by atomic mass is 35.5. The molecule has 2 fully saturated rings. The molecule has 2 saturated heterocycles. The van der Waals surface area contributed by atoms with Crippen LogP contribution in [0.5, 0.6) is 0 Å². The van der Waals surface area contributed by atoms with Crippen molar-refractivity contribution in [3.8, 4) is 0 Å². The van der Waals surface area contributed by atoms with Gasteiger partial charge in [0.1, 0.15) is 0 Å². The lowest BCUT2D eigenvalue weighted by Gasteiger charge is -2.24. The summed E-state index contributed by atoms with van der Waals surface area (Å²) >= 11 is 6.55. The summed E-state index contributed by atoms with van der Waals surface area (Å²) in [5.41, 5.74) is 0.393. The third-order valence-electron chi connectivity index (χ3n) is 6.55. The summed E-state index contributed by atoms with van der Waals surface area (Å²) in [6.45, 7) is 0.252. The van der Waals surface area contributed by atoms with Crippen LogP contribution in [0.25, 0.3) is 17.0 Å². The molecule has 0 unspecified atom stereocenters. The van der Waals surface area contributed by atoms with E-state index in [0.29, 0.717) is 35.9 Å². The number of thioether (sulfide) groups is 1. The maximum atomic E-state index is 13.5. The number of aromatic nitrogens is 2. The highest BCUT2D eigenvalue weighted by Gasteiger charge is 2.39. The fraction of sp³-hybridized carbons (Fsp3) is 0.280. The van der Waals surface area contributed by atoms with Crippen LogP contribution in [0.15, 0.2) is 47.5 Å². The zero-order valence-corrected chi connectivity index (χ0v) is 21.2. The molecule has 198 valence electrons. The van der Waals surface area contributed by atoms with Gasteiger partial charge in [0.2, 0.25) is 0 Å².